The Balaban J connectivity index is 1.77. The lowest BCUT2D eigenvalue weighted by Crippen LogP contribution is -2.31. The Morgan fingerprint density at radius 1 is 1.06 bits per heavy atom. The SMILES string of the molecule is CCN(CC)S(=O)(=O)c1cc(C(=O)Nc2ccc(OC3CCCC3)cc2)ccc1OC. The van der Waals surface area contributed by atoms with Crippen molar-refractivity contribution in [2.24, 2.45) is 0 Å². The van der Waals surface area contributed by atoms with Crippen molar-refractivity contribution in [3.8, 4) is 11.5 Å². The van der Waals surface area contributed by atoms with Gasteiger partial charge in [-0.2, -0.15) is 4.31 Å². The fraction of sp³-hybridized carbons (Fsp3) is 0.435. The zero-order valence-electron chi connectivity index (χ0n) is 18.3. The van der Waals surface area contributed by atoms with Gasteiger partial charge in [0.05, 0.1) is 13.2 Å². The predicted molar refractivity (Wildman–Crippen MR) is 120 cm³/mol. The number of nitrogens with one attached hydrogen (secondary N) is 1. The van der Waals surface area contributed by atoms with Crippen LogP contribution in [-0.4, -0.2) is 44.9 Å². The molecule has 7 nitrogen and oxygen atoms in total. The number of anilines is 1. The van der Waals surface area contributed by atoms with Crippen LogP contribution in [0, 0.1) is 0 Å². The molecule has 1 saturated carbocycles. The van der Waals surface area contributed by atoms with Crippen LogP contribution in [0.2, 0.25) is 0 Å². The van der Waals surface area contributed by atoms with Crippen molar-refractivity contribution in [1.82, 2.24) is 4.31 Å². The number of carbonyl (C=O) groups excluding carboxylic acids is 1. The molecule has 168 valence electrons. The summed E-state index contributed by atoms with van der Waals surface area (Å²) in [4.78, 5) is 12.8. The number of nitrogens with zero attached hydrogens (tertiary/aromatic N) is 1. The van der Waals surface area contributed by atoms with E-state index in [1.165, 1.54) is 36.4 Å². The van der Waals surface area contributed by atoms with E-state index in [1.54, 1.807) is 32.0 Å². The summed E-state index contributed by atoms with van der Waals surface area (Å²) in [5.41, 5.74) is 0.838. The van der Waals surface area contributed by atoms with Gasteiger partial charge in [-0.3, -0.25) is 4.79 Å². The first-order valence-corrected chi connectivity index (χ1v) is 12.1. The van der Waals surface area contributed by atoms with Crippen LogP contribution in [0.1, 0.15) is 49.9 Å². The van der Waals surface area contributed by atoms with Crippen LogP contribution in [0.4, 0.5) is 5.69 Å². The molecule has 2 aromatic rings. The molecule has 0 atom stereocenters. The Morgan fingerprint density at radius 2 is 1.71 bits per heavy atom. The molecule has 0 heterocycles. The van der Waals surface area contributed by atoms with Crippen molar-refractivity contribution in [2.75, 3.05) is 25.5 Å². The van der Waals surface area contributed by atoms with E-state index in [2.05, 4.69) is 5.32 Å². The second kappa shape index (κ2) is 10.2. The molecule has 2 aromatic carbocycles. The summed E-state index contributed by atoms with van der Waals surface area (Å²) >= 11 is 0. The molecular formula is C23H30N2O5S. The number of methoxy groups -OCH3 is 1. The van der Waals surface area contributed by atoms with Crippen LogP contribution in [0.3, 0.4) is 0 Å². The first kappa shape index (κ1) is 23.1. The molecule has 0 saturated heterocycles. The molecule has 1 N–H and O–H groups in total. The maximum absolute atomic E-state index is 13.0. The molecule has 0 spiro atoms. The zero-order valence-corrected chi connectivity index (χ0v) is 19.1. The molecule has 0 bridgehead atoms. The Bertz CT molecular complexity index is 995. The van der Waals surface area contributed by atoms with Crippen LogP contribution < -0.4 is 14.8 Å². The van der Waals surface area contributed by atoms with Crippen LogP contribution in [0.5, 0.6) is 11.5 Å². The molecule has 1 aliphatic rings. The van der Waals surface area contributed by atoms with E-state index < -0.39 is 15.9 Å². The normalized spacial score (nSPS) is 14.6. The number of benzene rings is 2. The Hall–Kier alpha value is -2.58. The number of sulfonamides is 1. The summed E-state index contributed by atoms with van der Waals surface area (Å²) in [7, 11) is -2.37. The van der Waals surface area contributed by atoms with Gasteiger partial charge in [0.15, 0.2) is 0 Å². The predicted octanol–water partition coefficient (Wildman–Crippen LogP) is 4.30. The molecule has 1 fully saturated rings. The van der Waals surface area contributed by atoms with E-state index in [0.717, 1.165) is 18.6 Å². The maximum atomic E-state index is 13.0. The minimum Gasteiger partial charge on any atom is -0.495 e. The van der Waals surface area contributed by atoms with Gasteiger partial charge in [0.25, 0.3) is 5.91 Å². The van der Waals surface area contributed by atoms with Gasteiger partial charge in [-0.25, -0.2) is 8.42 Å². The molecule has 0 unspecified atom stereocenters. The van der Waals surface area contributed by atoms with Gasteiger partial charge in [-0.15, -0.1) is 0 Å². The van der Waals surface area contributed by atoms with Gasteiger partial charge in [0, 0.05) is 24.3 Å². The summed E-state index contributed by atoms with van der Waals surface area (Å²) in [5.74, 6) is 0.585. The summed E-state index contributed by atoms with van der Waals surface area (Å²) in [6.07, 6.45) is 4.83. The number of amides is 1. The lowest BCUT2D eigenvalue weighted by atomic mass is 10.2. The first-order valence-electron chi connectivity index (χ1n) is 10.6. The van der Waals surface area contributed by atoms with E-state index in [0.29, 0.717) is 18.8 Å². The molecular weight excluding hydrogens is 416 g/mol. The average Bonchev–Trinajstić information content (AvgIpc) is 3.28. The number of hydrogen-bond acceptors (Lipinski definition) is 5. The van der Waals surface area contributed by atoms with Crippen LogP contribution in [0.25, 0.3) is 0 Å². The quantitative estimate of drug-likeness (QED) is 0.621. The Labute approximate surface area is 184 Å². The number of hydrogen-bond donors (Lipinski definition) is 1. The fourth-order valence-corrected chi connectivity index (χ4v) is 5.38. The zero-order chi connectivity index (χ0) is 22.4. The van der Waals surface area contributed by atoms with Gasteiger partial charge < -0.3 is 14.8 Å². The standard InChI is InChI=1S/C23H30N2O5S/c1-4-25(5-2)31(27,28)22-16-17(10-15-21(22)29-3)23(26)24-18-11-13-20(14-12-18)30-19-8-6-7-9-19/h10-16,19H,4-9H2,1-3H3,(H,24,26). The fourth-order valence-electron chi connectivity index (χ4n) is 3.74. The molecule has 1 amide bonds. The van der Waals surface area contributed by atoms with Gasteiger partial charge in [0.1, 0.15) is 16.4 Å². The summed E-state index contributed by atoms with van der Waals surface area (Å²) in [5, 5.41) is 2.81. The number of carbonyl (C=O) groups is 1. The largest absolute Gasteiger partial charge is 0.495 e. The number of rotatable bonds is 9. The van der Waals surface area contributed by atoms with E-state index in [1.807, 2.05) is 12.1 Å². The summed E-state index contributed by atoms with van der Waals surface area (Å²) < 4.78 is 38.5. The Kier molecular flexibility index (Phi) is 7.56. The van der Waals surface area contributed by atoms with Crippen molar-refractivity contribution in [3.05, 3.63) is 48.0 Å². The van der Waals surface area contributed by atoms with Crippen molar-refractivity contribution in [1.29, 1.82) is 0 Å². The van der Waals surface area contributed by atoms with Crippen LogP contribution in [-0.2, 0) is 10.0 Å². The Morgan fingerprint density at radius 3 is 2.29 bits per heavy atom. The molecule has 8 heteroatoms. The highest BCUT2D eigenvalue weighted by atomic mass is 32.2. The highest BCUT2D eigenvalue weighted by molar-refractivity contribution is 7.89. The smallest absolute Gasteiger partial charge is 0.255 e. The lowest BCUT2D eigenvalue weighted by molar-refractivity contribution is 0.102. The first-order chi connectivity index (χ1) is 14.9. The van der Waals surface area contributed by atoms with E-state index in [9.17, 15) is 13.2 Å². The van der Waals surface area contributed by atoms with Crippen molar-refractivity contribution in [2.45, 2.75) is 50.5 Å². The molecule has 1 aliphatic carbocycles. The molecule has 31 heavy (non-hydrogen) atoms. The molecule has 0 aliphatic heterocycles. The lowest BCUT2D eigenvalue weighted by Gasteiger charge is -2.20. The third kappa shape index (κ3) is 5.37. The molecule has 0 radical (unpaired) electrons. The minimum atomic E-state index is -3.78. The van der Waals surface area contributed by atoms with Gasteiger partial charge in [-0.1, -0.05) is 13.8 Å². The van der Waals surface area contributed by atoms with Crippen LogP contribution in [0.15, 0.2) is 47.4 Å². The monoisotopic (exact) mass is 446 g/mol. The van der Waals surface area contributed by atoms with E-state index in [-0.39, 0.29) is 22.3 Å². The second-order valence-corrected chi connectivity index (χ2v) is 9.36. The summed E-state index contributed by atoms with van der Waals surface area (Å²) in [6, 6.07) is 11.6. The molecule has 3 rings (SSSR count). The van der Waals surface area contributed by atoms with E-state index in [4.69, 9.17) is 9.47 Å². The second-order valence-electron chi connectivity index (χ2n) is 7.46. The van der Waals surface area contributed by atoms with E-state index >= 15 is 0 Å². The third-order valence-electron chi connectivity index (χ3n) is 5.47. The number of ether oxygens (including phenoxy) is 2. The van der Waals surface area contributed by atoms with Crippen molar-refractivity contribution >= 4 is 21.6 Å². The highest BCUT2D eigenvalue weighted by Crippen LogP contribution is 2.29. The van der Waals surface area contributed by atoms with Gasteiger partial charge in [0.2, 0.25) is 10.0 Å². The minimum absolute atomic E-state index is 0.0216. The topological polar surface area (TPSA) is 84.9 Å². The summed E-state index contributed by atoms with van der Waals surface area (Å²) in [6.45, 7) is 4.19. The van der Waals surface area contributed by atoms with Gasteiger partial charge in [-0.05, 0) is 68.1 Å². The maximum Gasteiger partial charge on any atom is 0.255 e. The van der Waals surface area contributed by atoms with Crippen molar-refractivity contribution in [3.63, 3.8) is 0 Å². The highest BCUT2D eigenvalue weighted by Gasteiger charge is 2.27. The van der Waals surface area contributed by atoms with Crippen molar-refractivity contribution < 1.29 is 22.7 Å². The van der Waals surface area contributed by atoms with Crippen LogP contribution >= 0.6 is 0 Å². The van der Waals surface area contributed by atoms with Gasteiger partial charge >= 0.3 is 0 Å². The average molecular weight is 447 g/mol. The third-order valence-corrected chi connectivity index (χ3v) is 7.54. The molecule has 0 aromatic heterocycles.